The molecule has 0 radical (unpaired) electrons. The minimum atomic E-state index is -2.42. The number of aliphatic hydroxyl groups excluding tert-OH is 3. The van der Waals surface area contributed by atoms with Crippen molar-refractivity contribution >= 4 is 98.3 Å². The van der Waals surface area contributed by atoms with Gasteiger partial charge in [0, 0.05) is 84.3 Å². The van der Waals surface area contributed by atoms with Crippen molar-refractivity contribution in [2.75, 3.05) is 203 Å². The predicted octanol–water partition coefficient (Wildman–Crippen LogP) is -3.82. The van der Waals surface area contributed by atoms with Crippen molar-refractivity contribution in [2.45, 2.75) is 120 Å². The zero-order chi connectivity index (χ0) is 85.6. The van der Waals surface area contributed by atoms with Crippen molar-refractivity contribution in [3.05, 3.63) is 35.2 Å². The quantitative estimate of drug-likeness (QED) is 0.0171. The number of aromatic nitrogens is 1. The maximum atomic E-state index is 15.4. The third kappa shape index (κ3) is 36.9. The molecule has 1 aromatic heterocycles. The van der Waals surface area contributed by atoms with Gasteiger partial charge in [-0.25, -0.2) is 5.84 Å². The second-order valence-corrected chi connectivity index (χ2v) is 30.7. The second kappa shape index (κ2) is 56.0. The van der Waals surface area contributed by atoms with Gasteiger partial charge in [-0.3, -0.25) is 56.9 Å². The first-order valence-electron chi connectivity index (χ1n) is 39.2. The van der Waals surface area contributed by atoms with Crippen LogP contribution in [0.15, 0.2) is 29.1 Å². The molecule has 662 valence electrons. The second-order valence-electron chi connectivity index (χ2n) is 28.1. The summed E-state index contributed by atoms with van der Waals surface area (Å²) in [6, 6.07) is -3.68. The summed E-state index contributed by atoms with van der Waals surface area (Å²) in [6.07, 6.45) is -4.09. The van der Waals surface area contributed by atoms with Crippen LogP contribution in [0.4, 0.5) is 0 Å². The van der Waals surface area contributed by atoms with Gasteiger partial charge in [0.25, 0.3) is 0 Å². The average Bonchev–Trinajstić information content (AvgIpc) is 1.61. The number of hydrogen-bond acceptors (Lipinski definition) is 31. The van der Waals surface area contributed by atoms with Crippen molar-refractivity contribution in [1.29, 1.82) is 0 Å². The molecule has 2 aromatic rings. The lowest BCUT2D eigenvalue weighted by molar-refractivity contribution is -0.144. The molecule has 8 amide bonds. The molecule has 40 nitrogen and oxygen atoms in total. The molecule has 1 aromatic carbocycles. The lowest BCUT2D eigenvalue weighted by Gasteiger charge is -2.32. The minimum absolute atomic E-state index is 0.0324. The number of carboxylic acid groups (broad SMARTS) is 1. The van der Waals surface area contributed by atoms with E-state index in [2.05, 4.69) is 36.9 Å². The zero-order valence-corrected chi connectivity index (χ0v) is 69.1. The number of carbonyl (C=O) groups excluding carboxylic acids is 10. The molecule has 42 heteroatoms. The van der Waals surface area contributed by atoms with E-state index in [1.165, 1.54) is 43.9 Å². The molecule has 5 rings (SSSR count). The molecule has 117 heavy (non-hydrogen) atoms. The first kappa shape index (κ1) is 99.9. The average molecular weight is 1700 g/mol. The maximum absolute atomic E-state index is 15.4. The van der Waals surface area contributed by atoms with E-state index in [0.717, 1.165) is 4.90 Å². The number of fused-ring (bicyclic) bond motifs is 5. The molecular weight excluding hydrogens is 1580 g/mol. The van der Waals surface area contributed by atoms with Gasteiger partial charge in [0.05, 0.1) is 238 Å². The van der Waals surface area contributed by atoms with E-state index < -0.39 is 199 Å². The van der Waals surface area contributed by atoms with Crippen LogP contribution < -0.4 is 53.9 Å². The summed E-state index contributed by atoms with van der Waals surface area (Å²) >= 11 is 1.45. The van der Waals surface area contributed by atoms with Gasteiger partial charge in [-0.15, -0.1) is 0 Å². The molecular formula is C75H122N12O28S2. The van der Waals surface area contributed by atoms with Crippen LogP contribution in [0.1, 0.15) is 77.3 Å². The number of aliphatic hydroxyl groups is 3. The number of methoxy groups -OCH3 is 1. The largest absolute Gasteiger partial charge is 0.496 e. The van der Waals surface area contributed by atoms with E-state index in [4.69, 9.17) is 79.3 Å². The number of nitrogens with zero attached hydrogens (tertiary/aromatic N) is 2. The van der Waals surface area contributed by atoms with Crippen molar-refractivity contribution < 1.29 is 134 Å². The van der Waals surface area contributed by atoms with Crippen LogP contribution in [0.2, 0.25) is 0 Å². The fraction of sp³-hybridized carbons (Fsp3) is 0.720. The first-order valence-corrected chi connectivity index (χ1v) is 41.7. The maximum Gasteiger partial charge on any atom is 0.306 e. The summed E-state index contributed by atoms with van der Waals surface area (Å²) in [5, 5.41) is 57.9. The van der Waals surface area contributed by atoms with Crippen LogP contribution in [0, 0.1) is 29.6 Å². The predicted molar refractivity (Wildman–Crippen MR) is 422 cm³/mol. The van der Waals surface area contributed by atoms with E-state index in [9.17, 15) is 63.3 Å². The van der Waals surface area contributed by atoms with Crippen LogP contribution in [0.25, 0.3) is 10.9 Å². The van der Waals surface area contributed by atoms with Crippen LogP contribution >= 0.6 is 11.8 Å². The summed E-state index contributed by atoms with van der Waals surface area (Å²) in [6.45, 7) is 11.9. The fourth-order valence-electron chi connectivity index (χ4n) is 12.4. The Labute approximate surface area is 687 Å². The minimum Gasteiger partial charge on any atom is -0.496 e. The summed E-state index contributed by atoms with van der Waals surface area (Å²) in [5.41, 5.74) is 12.9. The van der Waals surface area contributed by atoms with Gasteiger partial charge in [-0.2, -0.15) is 11.8 Å². The number of ketones is 2. The van der Waals surface area contributed by atoms with E-state index in [1.54, 1.807) is 26.0 Å². The Morgan fingerprint density at radius 1 is 0.709 bits per heavy atom. The normalized spacial score (nSPS) is 21.4. The van der Waals surface area contributed by atoms with Crippen LogP contribution in [-0.2, 0) is 128 Å². The molecule has 0 spiro atoms. The van der Waals surface area contributed by atoms with Crippen molar-refractivity contribution in [3.8, 4) is 5.75 Å². The number of carboxylic acids is 1. The first-order chi connectivity index (χ1) is 56.2. The van der Waals surface area contributed by atoms with Gasteiger partial charge in [0.15, 0.2) is 11.6 Å². The Kier molecular flexibility index (Phi) is 47.8. The molecule has 3 aliphatic heterocycles. The number of amides is 8. The lowest BCUT2D eigenvalue weighted by atomic mass is 9.85. The summed E-state index contributed by atoms with van der Waals surface area (Å²) in [4.78, 5) is 155. The van der Waals surface area contributed by atoms with Crippen molar-refractivity contribution in [2.24, 2.45) is 46.9 Å². The number of aromatic amines is 1. The number of ether oxygens (including phenoxy) is 12. The Morgan fingerprint density at radius 2 is 1.25 bits per heavy atom. The van der Waals surface area contributed by atoms with E-state index in [-0.39, 0.29) is 48.9 Å². The molecule has 2 bridgehead atoms. The highest BCUT2D eigenvalue weighted by Crippen LogP contribution is 2.37. The number of primary amides is 1. The highest BCUT2D eigenvalue weighted by molar-refractivity contribution is 7.98. The molecule has 1 fully saturated rings. The summed E-state index contributed by atoms with van der Waals surface area (Å²) in [7, 11) is -0.969. The smallest absolute Gasteiger partial charge is 0.306 e. The molecule has 0 aliphatic carbocycles. The number of H-pyrrole nitrogens is 1. The number of carbonyl (C=O) groups is 11. The van der Waals surface area contributed by atoms with Gasteiger partial charge in [0.2, 0.25) is 47.3 Å². The van der Waals surface area contributed by atoms with E-state index >= 15 is 9.00 Å². The summed E-state index contributed by atoms with van der Waals surface area (Å²) in [5.74, 6) is -8.61. The van der Waals surface area contributed by atoms with Gasteiger partial charge in [0.1, 0.15) is 28.9 Å². The van der Waals surface area contributed by atoms with E-state index in [1.807, 2.05) is 0 Å². The topological polar surface area (TPSA) is 569 Å². The van der Waals surface area contributed by atoms with Crippen LogP contribution in [0.3, 0.4) is 0 Å². The molecule has 1 saturated heterocycles. The number of Topliss-reactive ketones (excluding diaryl/α,β-unsaturated/α-hetero) is 2. The van der Waals surface area contributed by atoms with Gasteiger partial charge in [-0.1, -0.05) is 34.1 Å². The number of hydrogen-bond donors (Lipinski definition) is 14. The summed E-state index contributed by atoms with van der Waals surface area (Å²) < 4.78 is 82.7. The van der Waals surface area contributed by atoms with Gasteiger partial charge >= 0.3 is 5.97 Å². The number of benzene rings is 1. The molecule has 2 unspecified atom stereocenters. The third-order valence-corrected chi connectivity index (χ3v) is 21.6. The zero-order valence-electron chi connectivity index (χ0n) is 67.5. The third-order valence-electron chi connectivity index (χ3n) is 19.2. The highest BCUT2D eigenvalue weighted by atomic mass is 32.2. The number of thioether (sulfide) groups is 1. The Balaban J connectivity index is 1.04. The highest BCUT2D eigenvalue weighted by Gasteiger charge is 2.45. The number of aliphatic carboxylic acids is 1. The van der Waals surface area contributed by atoms with E-state index in [0.29, 0.717) is 179 Å². The number of nitrogens with two attached hydrogens (primary N) is 3. The Hall–Kier alpha value is -7.63. The Bertz CT molecular complexity index is 3510. The van der Waals surface area contributed by atoms with Crippen molar-refractivity contribution in [1.82, 2.24) is 46.8 Å². The molecule has 3 aliphatic rings. The Morgan fingerprint density at radius 3 is 1.77 bits per heavy atom. The molecule has 0 saturated carbocycles. The lowest BCUT2D eigenvalue weighted by Crippen LogP contribution is -2.60. The fourth-order valence-corrected chi connectivity index (χ4v) is 14.7. The number of hydrazine groups is 1. The van der Waals surface area contributed by atoms with Gasteiger partial charge < -0.3 is 136 Å². The standard InChI is InChI=1S/C75H122N12O28S2/c1-6-47(2)55-36-52(89)40-80-69(96)50-34-56-54-7-8-63(104-5)57(68(54)85-73(56)117(103)46-59(82-66(95)41-81-70(55)97)71(98)83-58(38-64(77)93)74(100)87-43-53(90)37-60(87)72(99)84-67(61(91)35-50)49(4)62(92)44-88)45-116-32-31-115-30-29-114-28-27-113-26-25-112-24-23-111-22-21-110-20-19-109-18-17-108-16-15-107-14-13-106-12-11-105-10-9-86(78)42-51(76)39-79-65(94)33-48(3)75(101)102/h7-8,42,47-50,53,55,58-60,62,67,85,88,90,92H,6,9-41,43-46,76,78H2,1-5H3,(H2,77,93)(H,79,94)(H,80,96)(H,81,97)(H,82,95)(H,83,98)(H,84,99)(H,101,102)/b51-42-/t47-,48?,49-,50+,53+,55-,58-,59+,60-,62-,67-,117?/m0/s1. The molecule has 4 heterocycles. The molecule has 17 N–H and O–H groups in total. The van der Waals surface area contributed by atoms with Gasteiger partial charge in [-0.05, 0) is 30.0 Å². The molecule has 12 atom stereocenters. The van der Waals surface area contributed by atoms with Crippen molar-refractivity contribution in [3.63, 3.8) is 0 Å². The number of rotatable bonds is 52. The SMILES string of the molecule is CC[C@H](C)[C@@H]1CC(=O)CNC(=O)[C@H]2CC(=O)[C@H]([C@@H](C)[C@@H](O)CO)NC(=O)[C@@H]3C[C@@H](O)CN3C(=O)[C@H](CC(N)=O)NC(=O)[C@@H](CS(=O)c3[nH]c4c(CSCCOCCOCCOCCOCCOCCOCCOCCOCCOCCOCCOCCN(N)/C=C(\N)CNC(=O)CC(C)C(=O)O)c(OC)ccc4c3C2)NC(=O)CNC1=O. The monoisotopic (exact) mass is 1700 g/mol. The number of nitrogens with one attached hydrogen (secondary N) is 7. The van der Waals surface area contributed by atoms with Crippen LogP contribution in [-0.4, -0.2) is 344 Å². The van der Waals surface area contributed by atoms with Crippen LogP contribution in [0.5, 0.6) is 5.75 Å².